The number of carbonyl (C=O) groups excluding carboxylic acids is 3. The molecule has 3 amide bonds. The summed E-state index contributed by atoms with van der Waals surface area (Å²) in [6.45, 7) is 7.82. The number of benzene rings is 1. The first-order valence-electron chi connectivity index (χ1n) is 12.5. The summed E-state index contributed by atoms with van der Waals surface area (Å²) in [6.07, 6.45) is 4.66. The van der Waals surface area contributed by atoms with Crippen LogP contribution in [0.5, 0.6) is 5.75 Å². The number of anilines is 1. The third-order valence-electron chi connectivity index (χ3n) is 6.71. The Morgan fingerprint density at radius 1 is 1.19 bits per heavy atom. The molecule has 9 heteroatoms. The molecule has 0 aliphatic carbocycles. The Bertz CT molecular complexity index is 1060. The van der Waals surface area contributed by atoms with Crippen LogP contribution in [0.3, 0.4) is 0 Å². The molecule has 36 heavy (non-hydrogen) atoms. The molecule has 3 N–H and O–H groups in total. The molecule has 2 saturated heterocycles. The lowest BCUT2D eigenvalue weighted by molar-refractivity contribution is -0.138. The Hall–Kier alpha value is -3.46. The average molecular weight is 494 g/mol. The lowest BCUT2D eigenvalue weighted by Crippen LogP contribution is -2.56. The van der Waals surface area contributed by atoms with Gasteiger partial charge in [0.05, 0.1) is 6.04 Å². The zero-order chi connectivity index (χ0) is 25.7. The first kappa shape index (κ1) is 25.6. The SMILES string of the molecule is CC(=O)N[C@@H](CC(C)C)C(=O)[C@@]1(Oc2ccc(NC(=O)N3CC(c4cccnc4)C3)cc2)CCNC1. The van der Waals surface area contributed by atoms with Gasteiger partial charge in [-0.3, -0.25) is 14.6 Å². The number of hydrogen-bond acceptors (Lipinski definition) is 6. The molecule has 0 bridgehead atoms. The molecule has 1 aromatic carbocycles. The van der Waals surface area contributed by atoms with Crippen molar-refractivity contribution in [2.24, 2.45) is 5.92 Å². The fourth-order valence-corrected chi connectivity index (χ4v) is 4.79. The molecular formula is C27H35N5O4. The summed E-state index contributed by atoms with van der Waals surface area (Å²) in [5.41, 5.74) is 0.742. The molecule has 0 radical (unpaired) electrons. The lowest BCUT2D eigenvalue weighted by atomic mass is 9.87. The van der Waals surface area contributed by atoms with Gasteiger partial charge in [0.15, 0.2) is 11.4 Å². The van der Waals surface area contributed by atoms with Crippen molar-refractivity contribution in [3.05, 3.63) is 54.4 Å². The van der Waals surface area contributed by atoms with E-state index in [4.69, 9.17) is 4.74 Å². The van der Waals surface area contributed by atoms with E-state index in [-0.39, 0.29) is 23.6 Å². The van der Waals surface area contributed by atoms with E-state index < -0.39 is 11.6 Å². The molecule has 2 fully saturated rings. The van der Waals surface area contributed by atoms with Gasteiger partial charge in [-0.05, 0) is 54.8 Å². The van der Waals surface area contributed by atoms with Crippen molar-refractivity contribution in [3.63, 3.8) is 0 Å². The van der Waals surface area contributed by atoms with Crippen molar-refractivity contribution in [2.75, 3.05) is 31.5 Å². The Balaban J connectivity index is 1.36. The number of aromatic nitrogens is 1. The number of nitrogens with zero attached hydrogens (tertiary/aromatic N) is 2. The van der Waals surface area contributed by atoms with Gasteiger partial charge in [0.25, 0.3) is 0 Å². The van der Waals surface area contributed by atoms with Crippen LogP contribution in [0.25, 0.3) is 0 Å². The predicted octanol–water partition coefficient (Wildman–Crippen LogP) is 2.94. The number of Topliss-reactive ketones (excluding diaryl/α,β-unsaturated/α-hetero) is 1. The van der Waals surface area contributed by atoms with E-state index in [1.54, 1.807) is 35.4 Å². The number of amides is 3. The van der Waals surface area contributed by atoms with Gasteiger partial charge in [0.1, 0.15) is 5.75 Å². The fourth-order valence-electron chi connectivity index (χ4n) is 4.79. The second-order valence-electron chi connectivity index (χ2n) is 10.1. The van der Waals surface area contributed by atoms with E-state index in [2.05, 4.69) is 20.9 Å². The van der Waals surface area contributed by atoms with Gasteiger partial charge in [-0.15, -0.1) is 0 Å². The number of likely N-dealkylation sites (tertiary alicyclic amines) is 1. The maximum absolute atomic E-state index is 13.6. The van der Waals surface area contributed by atoms with Crippen LogP contribution < -0.4 is 20.7 Å². The van der Waals surface area contributed by atoms with Gasteiger partial charge < -0.3 is 25.6 Å². The van der Waals surface area contributed by atoms with Crippen LogP contribution in [-0.4, -0.2) is 65.4 Å². The smallest absolute Gasteiger partial charge is 0.321 e. The number of ketones is 1. The molecule has 2 aliphatic heterocycles. The molecule has 1 aromatic heterocycles. The second kappa shape index (κ2) is 11.1. The van der Waals surface area contributed by atoms with Crippen molar-refractivity contribution in [3.8, 4) is 5.75 Å². The third-order valence-corrected chi connectivity index (χ3v) is 6.71. The largest absolute Gasteiger partial charge is 0.478 e. The molecule has 192 valence electrons. The average Bonchev–Trinajstić information content (AvgIpc) is 3.28. The van der Waals surface area contributed by atoms with Crippen LogP contribution in [0.4, 0.5) is 10.5 Å². The molecule has 0 unspecified atom stereocenters. The monoisotopic (exact) mass is 493 g/mol. The highest BCUT2D eigenvalue weighted by Crippen LogP contribution is 2.30. The standard InChI is InChI=1S/C27H35N5O4/c1-18(2)13-24(30-19(3)33)25(34)27(10-12-29-17-27)36-23-8-6-22(7-9-23)31-26(35)32-15-21(16-32)20-5-4-11-28-14-20/h4-9,11,14,18,21,24,29H,10,12-13,15-17H2,1-3H3,(H,30,33)(H,31,35)/t24-,27+/m0/s1. The summed E-state index contributed by atoms with van der Waals surface area (Å²) in [4.78, 5) is 43.8. The van der Waals surface area contributed by atoms with E-state index in [0.717, 1.165) is 5.56 Å². The number of hydrogen-bond donors (Lipinski definition) is 3. The van der Waals surface area contributed by atoms with Crippen LogP contribution in [0.15, 0.2) is 48.8 Å². The molecule has 9 nitrogen and oxygen atoms in total. The van der Waals surface area contributed by atoms with Crippen molar-refractivity contribution in [1.29, 1.82) is 0 Å². The van der Waals surface area contributed by atoms with E-state index in [0.29, 0.717) is 56.4 Å². The Morgan fingerprint density at radius 2 is 1.94 bits per heavy atom. The quantitative estimate of drug-likeness (QED) is 0.495. The molecule has 2 aliphatic rings. The zero-order valence-electron chi connectivity index (χ0n) is 21.1. The number of rotatable bonds is 9. The Labute approximate surface area is 212 Å². The molecule has 2 atom stereocenters. The van der Waals surface area contributed by atoms with E-state index in [1.165, 1.54) is 6.92 Å². The minimum Gasteiger partial charge on any atom is -0.478 e. The van der Waals surface area contributed by atoms with Crippen LogP contribution >= 0.6 is 0 Å². The van der Waals surface area contributed by atoms with Gasteiger partial charge in [-0.2, -0.15) is 0 Å². The van der Waals surface area contributed by atoms with Crippen molar-refractivity contribution >= 4 is 23.4 Å². The highest BCUT2D eigenvalue weighted by atomic mass is 16.5. The summed E-state index contributed by atoms with van der Waals surface area (Å²) in [5, 5.41) is 8.96. The maximum Gasteiger partial charge on any atom is 0.321 e. The lowest BCUT2D eigenvalue weighted by Gasteiger charge is -2.39. The van der Waals surface area contributed by atoms with Crippen LogP contribution in [0, 0.1) is 5.92 Å². The van der Waals surface area contributed by atoms with Gasteiger partial charge >= 0.3 is 6.03 Å². The summed E-state index contributed by atoms with van der Waals surface area (Å²) in [6, 6.07) is 10.2. The molecule has 2 aromatic rings. The minimum atomic E-state index is -1.05. The van der Waals surface area contributed by atoms with Crippen molar-refractivity contribution in [1.82, 2.24) is 20.5 Å². The van der Waals surface area contributed by atoms with Crippen LogP contribution in [0.2, 0.25) is 0 Å². The van der Waals surface area contributed by atoms with Gasteiger partial charge in [0, 0.05) is 57.0 Å². The summed E-state index contributed by atoms with van der Waals surface area (Å²) < 4.78 is 6.28. The Morgan fingerprint density at radius 3 is 2.53 bits per heavy atom. The predicted molar refractivity (Wildman–Crippen MR) is 137 cm³/mol. The highest BCUT2D eigenvalue weighted by Gasteiger charge is 2.47. The number of ether oxygens (including phenoxy) is 1. The number of carbonyl (C=O) groups is 3. The third kappa shape index (κ3) is 6.02. The van der Waals surface area contributed by atoms with Gasteiger partial charge in [-0.25, -0.2) is 4.79 Å². The van der Waals surface area contributed by atoms with Crippen LogP contribution in [0.1, 0.15) is 45.1 Å². The summed E-state index contributed by atoms with van der Waals surface area (Å²) in [5.74, 6) is 0.743. The van der Waals surface area contributed by atoms with Crippen molar-refractivity contribution in [2.45, 2.75) is 51.2 Å². The summed E-state index contributed by atoms with van der Waals surface area (Å²) in [7, 11) is 0. The Kier molecular flexibility index (Phi) is 7.88. The molecule has 4 rings (SSSR count). The fraction of sp³-hybridized carbons (Fsp3) is 0.481. The van der Waals surface area contributed by atoms with Gasteiger partial charge in [-0.1, -0.05) is 19.9 Å². The normalized spacial score (nSPS) is 20.5. The van der Waals surface area contributed by atoms with Gasteiger partial charge in [0.2, 0.25) is 5.91 Å². The number of pyridine rings is 1. The minimum absolute atomic E-state index is 0.116. The van der Waals surface area contributed by atoms with Crippen molar-refractivity contribution < 1.29 is 19.1 Å². The first-order valence-corrected chi connectivity index (χ1v) is 12.5. The molecule has 3 heterocycles. The topological polar surface area (TPSA) is 113 Å². The first-order chi connectivity index (χ1) is 17.3. The summed E-state index contributed by atoms with van der Waals surface area (Å²) >= 11 is 0. The number of nitrogens with one attached hydrogen (secondary N) is 3. The highest BCUT2D eigenvalue weighted by molar-refractivity contribution is 5.95. The van der Waals surface area contributed by atoms with Crippen LogP contribution in [-0.2, 0) is 9.59 Å². The molecule has 0 spiro atoms. The molecular weight excluding hydrogens is 458 g/mol. The number of urea groups is 1. The maximum atomic E-state index is 13.6. The van der Waals surface area contributed by atoms with E-state index >= 15 is 0 Å². The zero-order valence-corrected chi connectivity index (χ0v) is 21.1. The second-order valence-corrected chi connectivity index (χ2v) is 10.1. The van der Waals surface area contributed by atoms with E-state index in [9.17, 15) is 14.4 Å². The van der Waals surface area contributed by atoms with E-state index in [1.807, 2.05) is 32.2 Å². The molecule has 0 saturated carbocycles.